The van der Waals surface area contributed by atoms with Crippen molar-refractivity contribution in [2.75, 3.05) is 0 Å². The van der Waals surface area contributed by atoms with Gasteiger partial charge in [0.1, 0.15) is 16.9 Å². The summed E-state index contributed by atoms with van der Waals surface area (Å²) in [6, 6.07) is 3.35. The number of halogens is 4. The number of benzene rings is 1. The molecule has 1 atom stereocenters. The van der Waals surface area contributed by atoms with Gasteiger partial charge < -0.3 is 10.1 Å². The first-order valence-electron chi connectivity index (χ1n) is 7.59. The van der Waals surface area contributed by atoms with E-state index in [4.69, 9.17) is 0 Å². The van der Waals surface area contributed by atoms with Crippen LogP contribution in [-0.2, 0) is 12.8 Å². The highest BCUT2D eigenvalue weighted by atomic mass is 127. The number of aliphatic hydroxyl groups excluding tert-OH is 1. The molecule has 0 aliphatic heterocycles. The van der Waals surface area contributed by atoms with E-state index in [2.05, 4.69) is 15.1 Å². The van der Waals surface area contributed by atoms with E-state index in [0.29, 0.717) is 11.4 Å². The van der Waals surface area contributed by atoms with Crippen molar-refractivity contribution in [1.29, 1.82) is 0 Å². The largest absolute Gasteiger partial charge is 0.417 e. The lowest BCUT2D eigenvalue weighted by molar-refractivity contribution is -0.138. The van der Waals surface area contributed by atoms with Crippen molar-refractivity contribution in [2.24, 2.45) is 0 Å². The first kappa shape index (κ1) is 18.8. The third-order valence-electron chi connectivity index (χ3n) is 4.05. The molecule has 0 aliphatic carbocycles. The Bertz CT molecular complexity index is 1040. The van der Waals surface area contributed by atoms with Gasteiger partial charge in [0.2, 0.25) is 0 Å². The molecule has 3 aromatic rings. The van der Waals surface area contributed by atoms with Crippen molar-refractivity contribution in [3.05, 3.63) is 54.8 Å². The van der Waals surface area contributed by atoms with E-state index in [1.54, 1.807) is 36.4 Å². The Morgan fingerprint density at radius 2 is 2.08 bits per heavy atom. The molecule has 0 saturated carbocycles. The highest BCUT2D eigenvalue weighted by Gasteiger charge is 2.33. The second-order valence-corrected chi connectivity index (χ2v) is 6.97. The van der Waals surface area contributed by atoms with Crippen LogP contribution in [0.5, 0.6) is 0 Å². The number of rotatable bonds is 3. The Hall–Kier alpha value is -1.95. The summed E-state index contributed by atoms with van der Waals surface area (Å²) in [5.41, 5.74) is -0.103. The zero-order valence-corrected chi connectivity index (χ0v) is 15.9. The average Bonchev–Trinajstić information content (AvgIpc) is 2.91. The van der Waals surface area contributed by atoms with Crippen LogP contribution in [0.15, 0.2) is 23.0 Å². The van der Waals surface area contributed by atoms with E-state index in [-0.39, 0.29) is 20.3 Å². The summed E-state index contributed by atoms with van der Waals surface area (Å²) in [5.74, 6) is 0.377. The Morgan fingerprint density at radius 1 is 1.38 bits per heavy atom. The summed E-state index contributed by atoms with van der Waals surface area (Å²) in [5, 5.41) is 13.9. The average molecular weight is 478 g/mol. The van der Waals surface area contributed by atoms with Gasteiger partial charge in [-0.05, 0) is 54.1 Å². The number of hydrogen-bond donors (Lipinski definition) is 2. The first-order chi connectivity index (χ1) is 12.1. The summed E-state index contributed by atoms with van der Waals surface area (Å²) in [6.45, 7) is 2.90. The summed E-state index contributed by atoms with van der Waals surface area (Å²) in [4.78, 5) is 19.0. The van der Waals surface area contributed by atoms with Gasteiger partial charge in [0.05, 0.1) is 18.2 Å². The number of fused-ring (bicyclic) bond motifs is 1. The molecule has 0 amide bonds. The molecule has 0 saturated heterocycles. The van der Waals surface area contributed by atoms with Crippen molar-refractivity contribution in [3.8, 4) is 0 Å². The van der Waals surface area contributed by atoms with Crippen LogP contribution in [0, 0.1) is 10.5 Å². The molecular formula is C16H14F3IN4O2. The van der Waals surface area contributed by atoms with E-state index < -0.39 is 29.9 Å². The van der Waals surface area contributed by atoms with Crippen LogP contribution < -0.4 is 5.56 Å². The Labute approximate surface area is 159 Å². The Balaban J connectivity index is 2.15. The molecular weight excluding hydrogens is 464 g/mol. The van der Waals surface area contributed by atoms with E-state index in [1.807, 2.05) is 0 Å². The second kappa shape index (κ2) is 6.65. The van der Waals surface area contributed by atoms with Crippen LogP contribution in [0.2, 0.25) is 0 Å². The Kier molecular flexibility index (Phi) is 4.82. The first-order valence-corrected chi connectivity index (χ1v) is 8.67. The number of H-pyrrole nitrogens is 1. The molecule has 10 heteroatoms. The lowest BCUT2D eigenvalue weighted by atomic mass is 10.1. The minimum atomic E-state index is -4.42. The molecule has 138 valence electrons. The van der Waals surface area contributed by atoms with E-state index in [9.17, 15) is 23.1 Å². The van der Waals surface area contributed by atoms with E-state index in [1.165, 1.54) is 16.8 Å². The topological polar surface area (TPSA) is 83.8 Å². The number of nitrogens with zero attached hydrogens (tertiary/aromatic N) is 3. The van der Waals surface area contributed by atoms with Gasteiger partial charge in [-0.15, -0.1) is 0 Å². The SMILES string of the molecule is Cc1nc2c(c(CO)nn2[C@@H](C)c2ccc(C(F)(F)F)c(I)c2)c(=O)[nH]1. The lowest BCUT2D eigenvalue weighted by Gasteiger charge is -2.16. The Morgan fingerprint density at radius 3 is 2.65 bits per heavy atom. The molecule has 0 fully saturated rings. The highest BCUT2D eigenvalue weighted by Crippen LogP contribution is 2.34. The lowest BCUT2D eigenvalue weighted by Crippen LogP contribution is -2.14. The van der Waals surface area contributed by atoms with Gasteiger partial charge in [0.15, 0.2) is 5.65 Å². The van der Waals surface area contributed by atoms with Crippen LogP contribution in [-0.4, -0.2) is 24.9 Å². The van der Waals surface area contributed by atoms with E-state index in [0.717, 1.165) is 6.07 Å². The third-order valence-corrected chi connectivity index (χ3v) is 4.94. The van der Waals surface area contributed by atoms with Gasteiger partial charge in [-0.25, -0.2) is 9.67 Å². The fraction of sp³-hybridized carbons (Fsp3) is 0.312. The minimum absolute atomic E-state index is 0.0697. The summed E-state index contributed by atoms with van der Waals surface area (Å²) >= 11 is 1.64. The van der Waals surface area contributed by atoms with Gasteiger partial charge in [-0.1, -0.05) is 6.07 Å². The molecule has 1 aromatic carbocycles. The predicted octanol–water partition coefficient (Wildman–Crippen LogP) is 3.15. The van der Waals surface area contributed by atoms with Crippen molar-refractivity contribution >= 4 is 33.6 Å². The van der Waals surface area contributed by atoms with Gasteiger partial charge in [0, 0.05) is 3.57 Å². The predicted molar refractivity (Wildman–Crippen MR) is 96.8 cm³/mol. The van der Waals surface area contributed by atoms with Crippen molar-refractivity contribution in [3.63, 3.8) is 0 Å². The second-order valence-electron chi connectivity index (χ2n) is 5.81. The van der Waals surface area contributed by atoms with Gasteiger partial charge in [-0.3, -0.25) is 4.79 Å². The molecule has 2 aromatic heterocycles. The maximum absolute atomic E-state index is 13.0. The molecule has 2 heterocycles. The number of aryl methyl sites for hydroxylation is 1. The van der Waals surface area contributed by atoms with Crippen LogP contribution in [0.1, 0.15) is 35.6 Å². The maximum Gasteiger partial charge on any atom is 0.417 e. The maximum atomic E-state index is 13.0. The standard InChI is InChI=1S/C16H14F3IN4O2/c1-7(9-3-4-10(11(20)5-9)16(17,18)19)24-14-13(12(6-25)23-24)15(26)22-8(2)21-14/h3-5,7,25H,6H2,1-2H3,(H,21,22,26)/t7-/m0/s1. The molecule has 0 spiro atoms. The summed E-state index contributed by atoms with van der Waals surface area (Å²) < 4.78 is 40.4. The van der Waals surface area contributed by atoms with Crippen LogP contribution in [0.4, 0.5) is 13.2 Å². The van der Waals surface area contributed by atoms with Gasteiger partial charge in [0.25, 0.3) is 5.56 Å². The van der Waals surface area contributed by atoms with Gasteiger partial charge in [-0.2, -0.15) is 18.3 Å². The number of hydrogen-bond acceptors (Lipinski definition) is 4. The van der Waals surface area contributed by atoms with Crippen LogP contribution in [0.25, 0.3) is 11.0 Å². The monoisotopic (exact) mass is 478 g/mol. The molecule has 2 N–H and O–H groups in total. The van der Waals surface area contributed by atoms with Gasteiger partial charge >= 0.3 is 6.18 Å². The number of nitrogens with one attached hydrogen (secondary N) is 1. The quantitative estimate of drug-likeness (QED) is 0.567. The minimum Gasteiger partial charge on any atom is -0.390 e. The molecule has 3 rings (SSSR count). The normalized spacial score (nSPS) is 13.3. The van der Waals surface area contributed by atoms with Crippen molar-refractivity contribution in [1.82, 2.24) is 19.7 Å². The van der Waals surface area contributed by atoms with Crippen LogP contribution >= 0.6 is 22.6 Å². The fourth-order valence-corrected chi connectivity index (χ4v) is 3.61. The molecule has 0 aliphatic rings. The summed E-state index contributed by atoms with van der Waals surface area (Å²) in [6.07, 6.45) is -4.42. The molecule has 0 unspecified atom stereocenters. The number of aromatic nitrogens is 4. The van der Waals surface area contributed by atoms with Crippen molar-refractivity contribution < 1.29 is 18.3 Å². The smallest absolute Gasteiger partial charge is 0.390 e. The highest BCUT2D eigenvalue weighted by molar-refractivity contribution is 14.1. The molecule has 26 heavy (non-hydrogen) atoms. The number of alkyl halides is 3. The summed E-state index contributed by atoms with van der Waals surface area (Å²) in [7, 11) is 0. The number of aromatic amines is 1. The fourth-order valence-electron chi connectivity index (χ4n) is 2.77. The van der Waals surface area contributed by atoms with E-state index >= 15 is 0 Å². The zero-order chi connectivity index (χ0) is 19.2. The molecule has 6 nitrogen and oxygen atoms in total. The zero-order valence-electron chi connectivity index (χ0n) is 13.7. The van der Waals surface area contributed by atoms with Crippen LogP contribution in [0.3, 0.4) is 0 Å². The third kappa shape index (κ3) is 3.22. The number of aliphatic hydroxyl groups is 1. The molecule has 0 bridgehead atoms. The molecule has 0 radical (unpaired) electrons. The van der Waals surface area contributed by atoms with Crippen molar-refractivity contribution in [2.45, 2.75) is 32.7 Å².